The Bertz CT molecular complexity index is 867. The summed E-state index contributed by atoms with van der Waals surface area (Å²) in [6.45, 7) is 2.13. The number of amides is 3. The molecule has 28 heavy (non-hydrogen) atoms. The molecule has 2 saturated heterocycles. The average Bonchev–Trinajstić information content (AvgIpc) is 3.43. The van der Waals surface area contributed by atoms with Crippen molar-refractivity contribution in [2.24, 2.45) is 0 Å². The SMILES string of the molecule is O=C(CSc1nnc(-c2ccc(F)cc2)n1C[C@@H]1CCCO1)N1CCNC1=O. The van der Waals surface area contributed by atoms with Gasteiger partial charge in [-0.25, -0.2) is 9.18 Å². The highest BCUT2D eigenvalue weighted by Crippen LogP contribution is 2.27. The molecule has 1 aromatic heterocycles. The van der Waals surface area contributed by atoms with Crippen LogP contribution in [0.4, 0.5) is 9.18 Å². The van der Waals surface area contributed by atoms with Crippen LogP contribution in [-0.4, -0.2) is 63.2 Å². The van der Waals surface area contributed by atoms with Gasteiger partial charge in [-0.2, -0.15) is 0 Å². The van der Waals surface area contributed by atoms with E-state index in [0.717, 1.165) is 25.0 Å². The molecule has 2 aliphatic heterocycles. The van der Waals surface area contributed by atoms with Crippen LogP contribution < -0.4 is 5.32 Å². The van der Waals surface area contributed by atoms with Crippen LogP contribution in [0, 0.1) is 5.82 Å². The minimum atomic E-state index is -0.363. The third kappa shape index (κ3) is 4.02. The Morgan fingerprint density at radius 2 is 2.14 bits per heavy atom. The zero-order valence-electron chi connectivity index (χ0n) is 15.1. The lowest BCUT2D eigenvalue weighted by atomic mass is 10.2. The Kier molecular flexibility index (Phi) is 5.58. The van der Waals surface area contributed by atoms with Gasteiger partial charge in [0.1, 0.15) is 5.82 Å². The predicted octanol–water partition coefficient (Wildman–Crippen LogP) is 1.91. The number of rotatable bonds is 6. The molecule has 0 spiro atoms. The Morgan fingerprint density at radius 3 is 2.82 bits per heavy atom. The largest absolute Gasteiger partial charge is 0.376 e. The Morgan fingerprint density at radius 1 is 1.32 bits per heavy atom. The van der Waals surface area contributed by atoms with E-state index in [9.17, 15) is 14.0 Å². The molecular weight excluding hydrogens is 385 g/mol. The molecule has 3 heterocycles. The third-order valence-corrected chi connectivity index (χ3v) is 5.66. The molecule has 1 atom stereocenters. The summed E-state index contributed by atoms with van der Waals surface area (Å²) in [7, 11) is 0. The molecule has 8 nitrogen and oxygen atoms in total. The van der Waals surface area contributed by atoms with Gasteiger partial charge in [-0.1, -0.05) is 11.8 Å². The van der Waals surface area contributed by atoms with Gasteiger partial charge >= 0.3 is 6.03 Å². The summed E-state index contributed by atoms with van der Waals surface area (Å²) in [6.07, 6.45) is 2.00. The van der Waals surface area contributed by atoms with Crippen molar-refractivity contribution in [1.82, 2.24) is 25.0 Å². The average molecular weight is 405 g/mol. The van der Waals surface area contributed by atoms with Crippen LogP contribution in [0.5, 0.6) is 0 Å². The van der Waals surface area contributed by atoms with Gasteiger partial charge in [0.05, 0.1) is 18.4 Å². The van der Waals surface area contributed by atoms with Gasteiger partial charge in [-0.15, -0.1) is 10.2 Å². The van der Waals surface area contributed by atoms with E-state index in [2.05, 4.69) is 15.5 Å². The van der Waals surface area contributed by atoms with Gasteiger partial charge in [0.15, 0.2) is 11.0 Å². The molecular formula is C18H20FN5O3S. The first-order valence-electron chi connectivity index (χ1n) is 9.13. The number of urea groups is 1. The summed E-state index contributed by atoms with van der Waals surface area (Å²) in [5.74, 6) is 0.0953. The Labute approximate surface area is 165 Å². The highest BCUT2D eigenvalue weighted by molar-refractivity contribution is 7.99. The lowest BCUT2D eigenvalue weighted by Crippen LogP contribution is -2.35. The summed E-state index contributed by atoms with van der Waals surface area (Å²) in [6, 6.07) is 5.70. The quantitative estimate of drug-likeness (QED) is 0.739. The number of aromatic nitrogens is 3. The first-order valence-corrected chi connectivity index (χ1v) is 10.1. The molecule has 10 heteroatoms. The maximum atomic E-state index is 13.3. The van der Waals surface area contributed by atoms with E-state index >= 15 is 0 Å². The van der Waals surface area contributed by atoms with Crippen molar-refractivity contribution in [2.75, 3.05) is 25.4 Å². The van der Waals surface area contributed by atoms with E-state index in [0.29, 0.717) is 30.6 Å². The van der Waals surface area contributed by atoms with Gasteiger partial charge in [0.25, 0.3) is 0 Å². The van der Waals surface area contributed by atoms with Crippen molar-refractivity contribution in [1.29, 1.82) is 0 Å². The van der Waals surface area contributed by atoms with Crippen molar-refractivity contribution in [3.8, 4) is 11.4 Å². The lowest BCUT2D eigenvalue weighted by Gasteiger charge is -2.15. The molecule has 0 radical (unpaired) electrons. The molecule has 0 aliphatic carbocycles. The second kappa shape index (κ2) is 8.27. The Balaban J connectivity index is 1.54. The molecule has 2 aliphatic rings. The number of imide groups is 1. The molecule has 2 fully saturated rings. The van der Waals surface area contributed by atoms with Crippen LogP contribution in [-0.2, 0) is 16.1 Å². The molecule has 0 unspecified atom stereocenters. The summed E-state index contributed by atoms with van der Waals surface area (Å²) in [4.78, 5) is 25.2. The van der Waals surface area contributed by atoms with Crippen LogP contribution in [0.25, 0.3) is 11.4 Å². The van der Waals surface area contributed by atoms with Gasteiger partial charge < -0.3 is 10.1 Å². The van der Waals surface area contributed by atoms with Crippen molar-refractivity contribution in [3.05, 3.63) is 30.1 Å². The zero-order valence-corrected chi connectivity index (χ0v) is 16.0. The van der Waals surface area contributed by atoms with Gasteiger partial charge in [-0.3, -0.25) is 14.3 Å². The lowest BCUT2D eigenvalue weighted by molar-refractivity contribution is -0.124. The maximum Gasteiger partial charge on any atom is 0.324 e. The maximum absolute atomic E-state index is 13.3. The fourth-order valence-corrected chi connectivity index (χ4v) is 4.10. The first-order chi connectivity index (χ1) is 13.6. The number of hydrogen-bond donors (Lipinski definition) is 1. The standard InChI is InChI=1S/C18H20FN5O3S/c19-13-5-3-12(4-6-13)16-21-22-18(24(16)10-14-2-1-9-27-14)28-11-15(25)23-8-7-20-17(23)26/h3-6,14H,1-2,7-11H2,(H,20,26)/t14-/m0/s1. The van der Waals surface area contributed by atoms with Crippen molar-refractivity contribution >= 4 is 23.7 Å². The van der Waals surface area contributed by atoms with Gasteiger partial charge in [0.2, 0.25) is 5.91 Å². The van der Waals surface area contributed by atoms with E-state index in [-0.39, 0.29) is 29.6 Å². The molecule has 1 N–H and O–H groups in total. The number of benzene rings is 1. The van der Waals surface area contributed by atoms with E-state index in [4.69, 9.17) is 4.74 Å². The molecule has 148 valence electrons. The number of ether oxygens (including phenoxy) is 1. The van der Waals surface area contributed by atoms with Crippen molar-refractivity contribution in [2.45, 2.75) is 30.6 Å². The van der Waals surface area contributed by atoms with Crippen LogP contribution in [0.3, 0.4) is 0 Å². The summed E-state index contributed by atoms with van der Waals surface area (Å²) < 4.78 is 20.9. The number of nitrogens with one attached hydrogen (secondary N) is 1. The fourth-order valence-electron chi connectivity index (χ4n) is 3.28. The summed E-state index contributed by atoms with van der Waals surface area (Å²) in [5, 5.41) is 11.7. The zero-order chi connectivity index (χ0) is 19.5. The number of carbonyl (C=O) groups excluding carboxylic acids is 2. The van der Waals surface area contributed by atoms with Crippen LogP contribution in [0.2, 0.25) is 0 Å². The molecule has 2 aromatic rings. The summed E-state index contributed by atoms with van der Waals surface area (Å²) in [5.41, 5.74) is 0.740. The van der Waals surface area contributed by atoms with Crippen LogP contribution in [0.1, 0.15) is 12.8 Å². The number of hydrogen-bond acceptors (Lipinski definition) is 6. The highest BCUT2D eigenvalue weighted by atomic mass is 32.2. The molecule has 3 amide bonds. The van der Waals surface area contributed by atoms with Crippen molar-refractivity contribution in [3.63, 3.8) is 0 Å². The van der Waals surface area contributed by atoms with Crippen LogP contribution >= 0.6 is 11.8 Å². The van der Waals surface area contributed by atoms with E-state index in [1.54, 1.807) is 12.1 Å². The number of nitrogens with zero attached hydrogens (tertiary/aromatic N) is 4. The predicted molar refractivity (Wildman–Crippen MR) is 100 cm³/mol. The highest BCUT2D eigenvalue weighted by Gasteiger charge is 2.27. The third-order valence-electron chi connectivity index (χ3n) is 4.71. The second-order valence-corrected chi connectivity index (χ2v) is 7.57. The fraction of sp³-hybridized carbons (Fsp3) is 0.444. The monoisotopic (exact) mass is 405 g/mol. The molecule has 4 rings (SSSR count). The Hall–Kier alpha value is -2.46. The normalized spacial score (nSPS) is 19.2. The van der Waals surface area contributed by atoms with E-state index < -0.39 is 0 Å². The molecule has 1 aromatic carbocycles. The van der Waals surface area contributed by atoms with E-state index in [1.807, 2.05) is 4.57 Å². The van der Waals surface area contributed by atoms with E-state index in [1.165, 1.54) is 28.8 Å². The number of halogens is 1. The minimum absolute atomic E-state index is 0.0506. The smallest absolute Gasteiger partial charge is 0.324 e. The van der Waals surface area contributed by atoms with Crippen LogP contribution in [0.15, 0.2) is 29.4 Å². The number of carbonyl (C=O) groups is 2. The molecule has 0 bridgehead atoms. The molecule has 0 saturated carbocycles. The minimum Gasteiger partial charge on any atom is -0.376 e. The van der Waals surface area contributed by atoms with Crippen molar-refractivity contribution < 1.29 is 18.7 Å². The summed E-state index contributed by atoms with van der Waals surface area (Å²) >= 11 is 1.23. The topological polar surface area (TPSA) is 89.3 Å². The first kappa shape index (κ1) is 18.9. The van der Waals surface area contributed by atoms with Gasteiger partial charge in [-0.05, 0) is 37.1 Å². The second-order valence-electron chi connectivity index (χ2n) is 6.62. The number of thioether (sulfide) groups is 1. The van der Waals surface area contributed by atoms with Gasteiger partial charge in [0, 0.05) is 25.3 Å².